The summed E-state index contributed by atoms with van der Waals surface area (Å²) in [5.41, 5.74) is 3.43. The van der Waals surface area contributed by atoms with Crippen LogP contribution >= 0.6 is 15.9 Å². The summed E-state index contributed by atoms with van der Waals surface area (Å²) in [6.45, 7) is 11.8. The Morgan fingerprint density at radius 2 is 2.05 bits per heavy atom. The molecule has 1 nitrogen and oxygen atoms in total. The van der Waals surface area contributed by atoms with E-state index in [1.807, 2.05) is 0 Å². The second-order valence-electron chi connectivity index (χ2n) is 7.82. The highest BCUT2D eigenvalue weighted by atomic mass is 79.9. The maximum absolute atomic E-state index is 3.75. The Morgan fingerprint density at radius 3 is 2.65 bits per heavy atom. The van der Waals surface area contributed by atoms with Crippen molar-refractivity contribution in [3.63, 3.8) is 0 Å². The van der Waals surface area contributed by atoms with Crippen molar-refractivity contribution in [3.8, 4) is 0 Å². The van der Waals surface area contributed by atoms with Gasteiger partial charge in [0.15, 0.2) is 0 Å². The molecule has 1 heterocycles. The van der Waals surface area contributed by atoms with Gasteiger partial charge in [0, 0.05) is 16.2 Å². The molecule has 2 unspecified atom stereocenters. The summed E-state index contributed by atoms with van der Waals surface area (Å²) in [5.74, 6) is 0. The Hall–Kier alpha value is -0.500. The molecule has 2 rings (SSSR count). The maximum atomic E-state index is 3.75. The van der Waals surface area contributed by atoms with E-state index in [1.54, 1.807) is 0 Å². The van der Waals surface area contributed by atoms with Gasteiger partial charge >= 0.3 is 0 Å². The molecule has 0 radical (unpaired) electrons. The summed E-state index contributed by atoms with van der Waals surface area (Å²) in [6, 6.07) is 7.32. The molecule has 0 saturated heterocycles. The van der Waals surface area contributed by atoms with E-state index in [2.05, 4.69) is 74.1 Å². The molecule has 1 aromatic rings. The van der Waals surface area contributed by atoms with Gasteiger partial charge in [-0.25, -0.2) is 0 Å². The number of hydrogen-bond donors (Lipinski definition) is 1. The normalized spacial score (nSPS) is 26.0. The third-order valence-corrected chi connectivity index (χ3v) is 4.74. The maximum Gasteiger partial charge on any atom is 0.0381 e. The standard InChI is InChI=1S/C18H28BrN/c1-6-7-14-11-18(5,12-17(2,3)4)15-10-13(19)8-9-16(15)20-14/h8-10,14,20H,6-7,11-12H2,1-5H3. The lowest BCUT2D eigenvalue weighted by Gasteiger charge is -2.44. The highest BCUT2D eigenvalue weighted by molar-refractivity contribution is 9.10. The van der Waals surface area contributed by atoms with Crippen LogP contribution in [0.15, 0.2) is 22.7 Å². The zero-order chi connectivity index (χ0) is 15.0. The first-order valence-electron chi connectivity index (χ1n) is 7.80. The molecule has 1 aromatic carbocycles. The molecule has 0 spiro atoms. The molecule has 2 heteroatoms. The van der Waals surface area contributed by atoms with Crippen LogP contribution in [0.2, 0.25) is 0 Å². The van der Waals surface area contributed by atoms with Gasteiger partial charge in [0.1, 0.15) is 0 Å². The summed E-state index contributed by atoms with van der Waals surface area (Å²) in [6.07, 6.45) is 4.97. The molecular formula is C18H28BrN. The van der Waals surface area contributed by atoms with E-state index in [9.17, 15) is 0 Å². The van der Waals surface area contributed by atoms with E-state index in [-0.39, 0.29) is 5.41 Å². The monoisotopic (exact) mass is 337 g/mol. The minimum absolute atomic E-state index is 0.266. The van der Waals surface area contributed by atoms with Gasteiger partial charge in [0.25, 0.3) is 0 Å². The number of rotatable bonds is 3. The van der Waals surface area contributed by atoms with Gasteiger partial charge in [-0.2, -0.15) is 0 Å². The second kappa shape index (κ2) is 5.71. The first-order valence-corrected chi connectivity index (χ1v) is 8.59. The first kappa shape index (κ1) is 15.9. The zero-order valence-corrected chi connectivity index (χ0v) is 15.1. The van der Waals surface area contributed by atoms with E-state index < -0.39 is 0 Å². The molecule has 2 atom stereocenters. The molecule has 0 aliphatic carbocycles. The fraction of sp³-hybridized carbons (Fsp3) is 0.667. The highest BCUT2D eigenvalue weighted by Crippen LogP contribution is 2.47. The smallest absolute Gasteiger partial charge is 0.0381 e. The van der Waals surface area contributed by atoms with Gasteiger partial charge < -0.3 is 5.32 Å². The van der Waals surface area contributed by atoms with Crippen molar-refractivity contribution in [1.82, 2.24) is 0 Å². The minimum Gasteiger partial charge on any atom is -0.382 e. The lowest BCUT2D eigenvalue weighted by molar-refractivity contribution is 0.239. The zero-order valence-electron chi connectivity index (χ0n) is 13.5. The van der Waals surface area contributed by atoms with Gasteiger partial charge in [0.05, 0.1) is 0 Å². The van der Waals surface area contributed by atoms with Crippen molar-refractivity contribution in [2.24, 2.45) is 5.41 Å². The van der Waals surface area contributed by atoms with Crippen LogP contribution in [-0.2, 0) is 5.41 Å². The number of anilines is 1. The number of benzene rings is 1. The van der Waals surface area contributed by atoms with Crippen LogP contribution in [0.3, 0.4) is 0 Å². The molecule has 112 valence electrons. The Kier molecular flexibility index (Phi) is 4.53. The number of hydrogen-bond acceptors (Lipinski definition) is 1. The SMILES string of the molecule is CCCC1CC(C)(CC(C)(C)C)c2cc(Br)ccc2N1. The van der Waals surface area contributed by atoms with E-state index >= 15 is 0 Å². The Morgan fingerprint density at radius 1 is 1.35 bits per heavy atom. The fourth-order valence-corrected chi connectivity index (χ4v) is 4.29. The lowest BCUT2D eigenvalue weighted by atomic mass is 9.65. The third kappa shape index (κ3) is 3.58. The van der Waals surface area contributed by atoms with Crippen LogP contribution in [0, 0.1) is 5.41 Å². The number of nitrogens with one attached hydrogen (secondary N) is 1. The van der Waals surface area contributed by atoms with Crippen LogP contribution in [0.1, 0.15) is 65.9 Å². The number of halogens is 1. The average Bonchev–Trinajstić information content (AvgIpc) is 2.28. The van der Waals surface area contributed by atoms with Crippen molar-refractivity contribution >= 4 is 21.6 Å². The Labute approximate surface area is 132 Å². The summed E-state index contributed by atoms with van der Waals surface area (Å²) in [5, 5.41) is 3.75. The lowest BCUT2D eigenvalue weighted by Crippen LogP contribution is -2.40. The van der Waals surface area contributed by atoms with Crippen molar-refractivity contribution in [2.45, 2.75) is 71.8 Å². The molecule has 1 N–H and O–H groups in total. The molecule has 0 bridgehead atoms. The van der Waals surface area contributed by atoms with E-state index in [1.165, 1.54) is 41.4 Å². The van der Waals surface area contributed by atoms with Gasteiger partial charge in [-0.05, 0) is 53.9 Å². The molecule has 1 aliphatic heterocycles. The van der Waals surface area contributed by atoms with Crippen molar-refractivity contribution in [3.05, 3.63) is 28.2 Å². The summed E-state index contributed by atoms with van der Waals surface area (Å²) in [4.78, 5) is 0. The molecular weight excluding hydrogens is 310 g/mol. The quantitative estimate of drug-likeness (QED) is 0.699. The molecule has 0 amide bonds. The molecule has 1 aliphatic rings. The third-order valence-electron chi connectivity index (χ3n) is 4.25. The van der Waals surface area contributed by atoms with E-state index in [4.69, 9.17) is 0 Å². The fourth-order valence-electron chi connectivity index (χ4n) is 3.93. The van der Waals surface area contributed by atoms with E-state index in [0.29, 0.717) is 11.5 Å². The molecule has 0 saturated carbocycles. The van der Waals surface area contributed by atoms with Crippen LogP contribution in [0.4, 0.5) is 5.69 Å². The van der Waals surface area contributed by atoms with Crippen LogP contribution in [-0.4, -0.2) is 6.04 Å². The second-order valence-corrected chi connectivity index (χ2v) is 8.74. The van der Waals surface area contributed by atoms with Crippen molar-refractivity contribution in [1.29, 1.82) is 0 Å². The predicted octanol–water partition coefficient (Wildman–Crippen LogP) is 6.13. The summed E-state index contributed by atoms with van der Waals surface area (Å²) < 4.78 is 1.19. The van der Waals surface area contributed by atoms with Gasteiger partial charge in [-0.1, -0.05) is 57.0 Å². The summed E-state index contributed by atoms with van der Waals surface area (Å²) in [7, 11) is 0. The predicted molar refractivity (Wildman–Crippen MR) is 92.5 cm³/mol. The van der Waals surface area contributed by atoms with Crippen LogP contribution in [0.25, 0.3) is 0 Å². The van der Waals surface area contributed by atoms with Crippen molar-refractivity contribution in [2.75, 3.05) is 5.32 Å². The molecule has 0 aromatic heterocycles. The van der Waals surface area contributed by atoms with Gasteiger partial charge in [-0.3, -0.25) is 0 Å². The molecule has 0 fully saturated rings. The highest BCUT2D eigenvalue weighted by Gasteiger charge is 2.38. The average molecular weight is 338 g/mol. The largest absolute Gasteiger partial charge is 0.382 e. The van der Waals surface area contributed by atoms with Crippen LogP contribution < -0.4 is 5.32 Å². The number of fused-ring (bicyclic) bond motifs is 1. The minimum atomic E-state index is 0.266. The topological polar surface area (TPSA) is 12.0 Å². The summed E-state index contributed by atoms with van der Waals surface area (Å²) >= 11 is 3.64. The van der Waals surface area contributed by atoms with Gasteiger partial charge in [0.2, 0.25) is 0 Å². The van der Waals surface area contributed by atoms with Crippen LogP contribution in [0.5, 0.6) is 0 Å². The van der Waals surface area contributed by atoms with Gasteiger partial charge in [-0.15, -0.1) is 0 Å². The first-order chi connectivity index (χ1) is 9.23. The Balaban J connectivity index is 2.41. The Bertz CT molecular complexity index is 475. The molecule has 20 heavy (non-hydrogen) atoms. The van der Waals surface area contributed by atoms with Crippen molar-refractivity contribution < 1.29 is 0 Å². The van der Waals surface area contributed by atoms with E-state index in [0.717, 1.165) is 0 Å².